The van der Waals surface area contributed by atoms with Gasteiger partial charge in [-0.15, -0.1) is 11.3 Å². The van der Waals surface area contributed by atoms with Crippen molar-refractivity contribution in [3.05, 3.63) is 55.1 Å². The smallest absolute Gasteiger partial charge is 0.401 e. The number of nitro groups is 1. The molecule has 4 rings (SSSR count). The van der Waals surface area contributed by atoms with Gasteiger partial charge in [-0.3, -0.25) is 10.1 Å². The van der Waals surface area contributed by atoms with Gasteiger partial charge in [0, 0.05) is 11.0 Å². The lowest BCUT2D eigenvalue weighted by atomic mass is 10.2. The summed E-state index contributed by atoms with van der Waals surface area (Å²) in [7, 11) is 0. The van der Waals surface area contributed by atoms with E-state index >= 15 is 0 Å². The Bertz CT molecular complexity index is 868. The van der Waals surface area contributed by atoms with E-state index in [1.54, 1.807) is 11.3 Å². The number of furan rings is 1. The first kappa shape index (κ1) is 13.9. The van der Waals surface area contributed by atoms with Crippen LogP contribution in [0, 0.1) is 10.1 Å². The summed E-state index contributed by atoms with van der Waals surface area (Å²) in [5, 5.41) is 10.6. The van der Waals surface area contributed by atoms with E-state index in [2.05, 4.69) is 4.99 Å². The predicted octanol–water partition coefficient (Wildman–Crippen LogP) is 3.08. The second-order valence-electron chi connectivity index (χ2n) is 5.18. The molecular formula is C15H10N2O5S. The molecule has 0 amide bonds. The summed E-state index contributed by atoms with van der Waals surface area (Å²) in [6.07, 6.45) is 4.60. The fourth-order valence-electron chi connectivity index (χ4n) is 2.60. The van der Waals surface area contributed by atoms with E-state index in [1.807, 2.05) is 6.07 Å². The standard InChI is InChI=1S/C15H10N2O5S/c18-15-10(7-9-4-5-13(21-9)17(19)20)16-14(22-15)12-6-8-2-1-3-11(8)23-12/h4-7H,1-3H2/b10-7-. The van der Waals surface area contributed by atoms with Gasteiger partial charge >= 0.3 is 11.9 Å². The average Bonchev–Trinajstić information content (AvgIpc) is 3.23. The normalized spacial score (nSPS) is 18.2. The first-order valence-corrected chi connectivity index (χ1v) is 7.80. The maximum atomic E-state index is 11.9. The molecule has 0 radical (unpaired) electrons. The minimum absolute atomic E-state index is 0.0674. The third-order valence-electron chi connectivity index (χ3n) is 3.65. The van der Waals surface area contributed by atoms with Gasteiger partial charge < -0.3 is 9.15 Å². The number of ether oxygens (including phenoxy) is 1. The van der Waals surface area contributed by atoms with Crippen molar-refractivity contribution in [2.24, 2.45) is 4.99 Å². The zero-order chi connectivity index (χ0) is 16.0. The summed E-state index contributed by atoms with van der Waals surface area (Å²) in [6.45, 7) is 0. The maximum absolute atomic E-state index is 11.9. The Morgan fingerprint density at radius 1 is 1.35 bits per heavy atom. The zero-order valence-corrected chi connectivity index (χ0v) is 12.6. The third-order valence-corrected chi connectivity index (χ3v) is 4.87. The van der Waals surface area contributed by atoms with Gasteiger partial charge in [0.25, 0.3) is 0 Å². The lowest BCUT2D eigenvalue weighted by Crippen LogP contribution is -2.03. The molecule has 2 aromatic rings. The fraction of sp³-hybridized carbons (Fsp3) is 0.200. The minimum Gasteiger partial charge on any atom is -0.401 e. The van der Waals surface area contributed by atoms with E-state index in [0.717, 1.165) is 24.1 Å². The summed E-state index contributed by atoms with van der Waals surface area (Å²) < 4.78 is 10.2. The van der Waals surface area contributed by atoms with Crippen LogP contribution in [0.5, 0.6) is 0 Å². The Morgan fingerprint density at radius 2 is 2.22 bits per heavy atom. The van der Waals surface area contributed by atoms with Gasteiger partial charge in [0.2, 0.25) is 5.90 Å². The highest BCUT2D eigenvalue weighted by atomic mass is 32.1. The number of hydrogen-bond acceptors (Lipinski definition) is 7. The van der Waals surface area contributed by atoms with Crippen LogP contribution in [0.1, 0.15) is 27.5 Å². The van der Waals surface area contributed by atoms with E-state index in [1.165, 1.54) is 28.6 Å². The Kier molecular flexibility index (Phi) is 3.12. The van der Waals surface area contributed by atoms with Gasteiger partial charge in [0.15, 0.2) is 5.70 Å². The Hall–Kier alpha value is -2.74. The molecular weight excluding hydrogens is 320 g/mol. The molecule has 2 aliphatic rings. The molecule has 0 saturated carbocycles. The second kappa shape index (κ2) is 5.17. The van der Waals surface area contributed by atoms with Crippen LogP contribution in [0.4, 0.5) is 5.88 Å². The van der Waals surface area contributed by atoms with E-state index in [-0.39, 0.29) is 23.2 Å². The summed E-state index contributed by atoms with van der Waals surface area (Å²) in [5.74, 6) is -0.515. The predicted molar refractivity (Wildman–Crippen MR) is 82.3 cm³/mol. The van der Waals surface area contributed by atoms with Crippen molar-refractivity contribution in [3.63, 3.8) is 0 Å². The van der Waals surface area contributed by atoms with Crippen molar-refractivity contribution in [2.45, 2.75) is 19.3 Å². The molecule has 23 heavy (non-hydrogen) atoms. The molecule has 0 bridgehead atoms. The minimum atomic E-state index is -0.642. The number of esters is 1. The van der Waals surface area contributed by atoms with Gasteiger partial charge in [-0.05, 0) is 37.0 Å². The SMILES string of the molecule is O=C1OC(c2cc3c(s2)CCC3)=N/C1=C\c1ccc([N+](=O)[O-])o1. The van der Waals surface area contributed by atoms with Crippen molar-refractivity contribution >= 4 is 35.2 Å². The van der Waals surface area contributed by atoms with Crippen LogP contribution >= 0.6 is 11.3 Å². The van der Waals surface area contributed by atoms with Crippen LogP contribution in [0.15, 0.2) is 33.3 Å². The molecule has 0 fully saturated rings. The molecule has 0 spiro atoms. The van der Waals surface area contributed by atoms with Crippen LogP contribution in [0.2, 0.25) is 0 Å². The lowest BCUT2D eigenvalue weighted by molar-refractivity contribution is -0.402. The van der Waals surface area contributed by atoms with E-state index < -0.39 is 10.9 Å². The summed E-state index contributed by atoms with van der Waals surface area (Å²) in [4.78, 5) is 28.2. The van der Waals surface area contributed by atoms with Gasteiger partial charge in [-0.2, -0.15) is 0 Å². The third kappa shape index (κ3) is 2.46. The quantitative estimate of drug-likeness (QED) is 0.373. The number of cyclic esters (lactones) is 1. The van der Waals surface area contributed by atoms with Crippen molar-refractivity contribution in [1.82, 2.24) is 0 Å². The fourth-order valence-corrected chi connectivity index (χ4v) is 3.78. The van der Waals surface area contributed by atoms with E-state index in [9.17, 15) is 14.9 Å². The van der Waals surface area contributed by atoms with Crippen LogP contribution in [-0.4, -0.2) is 16.8 Å². The molecule has 3 heterocycles. The number of hydrogen-bond donors (Lipinski definition) is 0. The van der Waals surface area contributed by atoms with E-state index in [4.69, 9.17) is 9.15 Å². The van der Waals surface area contributed by atoms with Crippen LogP contribution in [0.3, 0.4) is 0 Å². The number of carbonyl (C=O) groups is 1. The monoisotopic (exact) mass is 330 g/mol. The number of nitrogens with zero attached hydrogens (tertiary/aromatic N) is 2. The maximum Gasteiger partial charge on any atom is 0.433 e. The molecule has 0 aromatic carbocycles. The second-order valence-corrected chi connectivity index (χ2v) is 6.32. The molecule has 1 aliphatic heterocycles. The van der Waals surface area contributed by atoms with Gasteiger partial charge in [-0.1, -0.05) is 0 Å². The van der Waals surface area contributed by atoms with Gasteiger partial charge in [0.1, 0.15) is 10.7 Å². The van der Waals surface area contributed by atoms with Crippen molar-refractivity contribution in [2.75, 3.05) is 0 Å². The Morgan fingerprint density at radius 3 is 2.96 bits per heavy atom. The van der Waals surface area contributed by atoms with Gasteiger partial charge in [-0.25, -0.2) is 9.79 Å². The summed E-state index contributed by atoms with van der Waals surface area (Å²) in [6, 6.07) is 4.65. The zero-order valence-electron chi connectivity index (χ0n) is 11.8. The van der Waals surface area contributed by atoms with Gasteiger partial charge in [0.05, 0.1) is 10.9 Å². The van der Waals surface area contributed by atoms with Crippen LogP contribution in [-0.2, 0) is 22.4 Å². The number of thiophene rings is 1. The number of carbonyl (C=O) groups excluding carboxylic acids is 1. The molecule has 7 nitrogen and oxygen atoms in total. The van der Waals surface area contributed by atoms with Crippen molar-refractivity contribution in [1.29, 1.82) is 0 Å². The van der Waals surface area contributed by atoms with E-state index in [0.29, 0.717) is 0 Å². The first-order valence-electron chi connectivity index (χ1n) is 6.99. The van der Waals surface area contributed by atoms with Crippen molar-refractivity contribution in [3.8, 4) is 0 Å². The molecule has 0 N–H and O–H groups in total. The molecule has 8 heteroatoms. The number of rotatable bonds is 3. The Labute approximate surface area is 134 Å². The number of fused-ring (bicyclic) bond motifs is 1. The topological polar surface area (TPSA) is 94.9 Å². The van der Waals surface area contributed by atoms with Crippen LogP contribution in [0.25, 0.3) is 6.08 Å². The average molecular weight is 330 g/mol. The highest BCUT2D eigenvalue weighted by Gasteiger charge is 2.27. The summed E-state index contributed by atoms with van der Waals surface area (Å²) >= 11 is 1.59. The molecule has 0 unspecified atom stereocenters. The highest BCUT2D eigenvalue weighted by Crippen LogP contribution is 2.33. The molecule has 0 saturated heterocycles. The summed E-state index contributed by atoms with van der Waals surface area (Å²) in [5.41, 5.74) is 1.36. The molecule has 2 aromatic heterocycles. The highest BCUT2D eigenvalue weighted by molar-refractivity contribution is 7.14. The van der Waals surface area contributed by atoms with Crippen LogP contribution < -0.4 is 0 Å². The molecule has 0 atom stereocenters. The Balaban J connectivity index is 1.63. The lowest BCUT2D eigenvalue weighted by Gasteiger charge is -1.94. The number of aliphatic imine (C=N–C) groups is 1. The first-order chi connectivity index (χ1) is 11.1. The van der Waals surface area contributed by atoms with Crippen molar-refractivity contribution < 1.29 is 18.9 Å². The molecule has 1 aliphatic carbocycles. The molecule has 116 valence electrons. The number of aryl methyl sites for hydroxylation is 2. The largest absolute Gasteiger partial charge is 0.433 e.